The number of aromatic nitrogens is 2. The summed E-state index contributed by atoms with van der Waals surface area (Å²) in [5.41, 5.74) is 1.34. The van der Waals surface area contributed by atoms with E-state index in [-0.39, 0.29) is 5.41 Å². The lowest BCUT2D eigenvalue weighted by Gasteiger charge is -2.17. The van der Waals surface area contributed by atoms with E-state index in [0.29, 0.717) is 0 Å². The van der Waals surface area contributed by atoms with Gasteiger partial charge >= 0.3 is 0 Å². The predicted octanol–water partition coefficient (Wildman–Crippen LogP) is 5.16. The Hall–Kier alpha value is -0.920. The molecular weight excluding hydrogens is 208 g/mol. The van der Waals surface area contributed by atoms with Crippen molar-refractivity contribution < 1.29 is 0 Å². The summed E-state index contributed by atoms with van der Waals surface area (Å²) in [6, 6.07) is 0. The average Bonchev–Trinajstić information content (AvgIpc) is 2.36. The molecule has 2 heteroatoms. The molecule has 0 saturated carbocycles. The highest BCUT2D eigenvalue weighted by Crippen LogP contribution is 2.19. The normalized spacial score (nSPS) is 8.59. The summed E-state index contributed by atoms with van der Waals surface area (Å²) in [7, 11) is 0. The molecule has 0 atom stereocenters. The predicted molar refractivity (Wildman–Crippen MR) is 79.5 cm³/mol. The van der Waals surface area contributed by atoms with Gasteiger partial charge in [0.25, 0.3) is 0 Å². The molecule has 2 nitrogen and oxygen atoms in total. The van der Waals surface area contributed by atoms with Crippen LogP contribution in [0, 0.1) is 6.92 Å². The van der Waals surface area contributed by atoms with Crippen molar-refractivity contribution in [2.75, 3.05) is 0 Å². The smallest absolute Gasteiger partial charge is 0.125 e. The average molecular weight is 240 g/mol. The van der Waals surface area contributed by atoms with E-state index in [4.69, 9.17) is 0 Å². The number of hydrogen-bond donors (Lipinski definition) is 0. The fourth-order valence-corrected chi connectivity index (χ4v) is 0.780. The molecule has 1 aromatic heterocycles. The molecule has 0 amide bonds. The van der Waals surface area contributed by atoms with E-state index in [1.807, 2.05) is 60.9 Å². The van der Waals surface area contributed by atoms with Crippen molar-refractivity contribution in [2.24, 2.45) is 0 Å². The van der Waals surface area contributed by atoms with Crippen molar-refractivity contribution in [2.45, 2.75) is 74.7 Å². The summed E-state index contributed by atoms with van der Waals surface area (Å²) >= 11 is 0. The second-order valence-corrected chi connectivity index (χ2v) is 3.77. The lowest BCUT2D eigenvalue weighted by Crippen LogP contribution is -2.12. The van der Waals surface area contributed by atoms with Gasteiger partial charge in [-0.15, -0.1) is 0 Å². The van der Waals surface area contributed by atoms with E-state index in [1.165, 1.54) is 5.56 Å². The van der Waals surface area contributed by atoms with Gasteiger partial charge in [0.15, 0.2) is 0 Å². The first-order valence-electron chi connectivity index (χ1n) is 6.79. The molecule has 1 rings (SSSR count). The SMILES string of the molecule is CC.CC.CC.Cc1ncc(C(C)(C)C)cn1. The van der Waals surface area contributed by atoms with Crippen LogP contribution in [0.5, 0.6) is 0 Å². The van der Waals surface area contributed by atoms with Crippen LogP contribution in [-0.2, 0) is 5.41 Å². The van der Waals surface area contributed by atoms with Crippen LogP contribution in [-0.4, -0.2) is 9.97 Å². The Balaban J connectivity index is -0.000000285. The Kier molecular flexibility index (Phi) is 16.5. The van der Waals surface area contributed by atoms with Gasteiger partial charge in [-0.3, -0.25) is 0 Å². The highest BCUT2D eigenvalue weighted by atomic mass is 14.8. The van der Waals surface area contributed by atoms with Crippen LogP contribution in [0.1, 0.15) is 73.7 Å². The molecular formula is C15H32N2. The molecule has 0 N–H and O–H groups in total. The fourth-order valence-electron chi connectivity index (χ4n) is 0.780. The minimum atomic E-state index is 0.160. The van der Waals surface area contributed by atoms with Gasteiger partial charge in [0.1, 0.15) is 5.82 Å². The van der Waals surface area contributed by atoms with Gasteiger partial charge < -0.3 is 0 Å². The van der Waals surface area contributed by atoms with Crippen molar-refractivity contribution in [3.8, 4) is 0 Å². The van der Waals surface area contributed by atoms with Crippen LogP contribution in [0.2, 0.25) is 0 Å². The summed E-state index contributed by atoms with van der Waals surface area (Å²) in [5.74, 6) is 0.831. The fraction of sp³-hybridized carbons (Fsp3) is 0.733. The zero-order valence-corrected chi connectivity index (χ0v) is 13.5. The lowest BCUT2D eigenvalue weighted by atomic mass is 9.89. The van der Waals surface area contributed by atoms with Crippen LogP contribution >= 0.6 is 0 Å². The Labute approximate surface area is 109 Å². The van der Waals surface area contributed by atoms with Crippen molar-refractivity contribution in [1.82, 2.24) is 9.97 Å². The van der Waals surface area contributed by atoms with Gasteiger partial charge in [0, 0.05) is 12.4 Å². The largest absolute Gasteiger partial charge is 0.241 e. The Bertz CT molecular complexity index is 232. The summed E-state index contributed by atoms with van der Waals surface area (Å²) in [6.07, 6.45) is 3.78. The lowest BCUT2D eigenvalue weighted by molar-refractivity contribution is 0.583. The molecule has 0 bridgehead atoms. The van der Waals surface area contributed by atoms with E-state index in [9.17, 15) is 0 Å². The Morgan fingerprint density at radius 2 is 1.06 bits per heavy atom. The summed E-state index contributed by atoms with van der Waals surface area (Å²) in [5, 5.41) is 0. The van der Waals surface area contributed by atoms with Crippen LogP contribution in [0.25, 0.3) is 0 Å². The first kappa shape index (κ1) is 21.4. The molecule has 0 saturated heterocycles. The van der Waals surface area contributed by atoms with Crippen molar-refractivity contribution in [1.29, 1.82) is 0 Å². The van der Waals surface area contributed by atoms with Gasteiger partial charge in [0.05, 0.1) is 0 Å². The topological polar surface area (TPSA) is 25.8 Å². The maximum absolute atomic E-state index is 4.13. The van der Waals surface area contributed by atoms with Crippen molar-refractivity contribution >= 4 is 0 Å². The standard InChI is InChI=1S/C9H14N2.3C2H6/c1-7-10-5-8(6-11-7)9(2,3)4;3*1-2/h5-6H,1-4H3;3*1-2H3. The molecule has 0 fully saturated rings. The third-order valence-corrected chi connectivity index (χ3v) is 1.65. The van der Waals surface area contributed by atoms with E-state index >= 15 is 0 Å². The molecule has 0 unspecified atom stereocenters. The maximum atomic E-state index is 4.13. The van der Waals surface area contributed by atoms with Crippen molar-refractivity contribution in [3.05, 3.63) is 23.8 Å². The maximum Gasteiger partial charge on any atom is 0.125 e. The Morgan fingerprint density at radius 3 is 1.29 bits per heavy atom. The third-order valence-electron chi connectivity index (χ3n) is 1.65. The molecule has 1 aromatic rings. The monoisotopic (exact) mass is 240 g/mol. The van der Waals surface area contributed by atoms with Gasteiger partial charge in [0.2, 0.25) is 0 Å². The molecule has 102 valence electrons. The number of rotatable bonds is 0. The van der Waals surface area contributed by atoms with Crippen LogP contribution in [0.3, 0.4) is 0 Å². The summed E-state index contributed by atoms with van der Waals surface area (Å²) in [6.45, 7) is 20.4. The molecule has 0 radical (unpaired) electrons. The number of aryl methyl sites for hydroxylation is 1. The molecule has 0 aliphatic rings. The number of hydrogen-bond acceptors (Lipinski definition) is 2. The van der Waals surface area contributed by atoms with Gasteiger partial charge in [-0.1, -0.05) is 62.3 Å². The van der Waals surface area contributed by atoms with Gasteiger partial charge in [-0.05, 0) is 17.9 Å². The van der Waals surface area contributed by atoms with E-state index in [2.05, 4.69) is 30.7 Å². The molecule has 17 heavy (non-hydrogen) atoms. The second-order valence-electron chi connectivity index (χ2n) is 3.77. The third kappa shape index (κ3) is 11.3. The summed E-state index contributed by atoms with van der Waals surface area (Å²) in [4.78, 5) is 8.27. The highest BCUT2D eigenvalue weighted by molar-refractivity contribution is 5.14. The molecule has 0 spiro atoms. The zero-order chi connectivity index (χ0) is 14.5. The molecule has 0 aromatic carbocycles. The van der Waals surface area contributed by atoms with Gasteiger partial charge in [-0.25, -0.2) is 9.97 Å². The highest BCUT2D eigenvalue weighted by Gasteiger charge is 2.13. The van der Waals surface area contributed by atoms with E-state index in [0.717, 1.165) is 5.82 Å². The quantitative estimate of drug-likeness (QED) is 0.626. The second kappa shape index (κ2) is 13.1. The first-order valence-corrected chi connectivity index (χ1v) is 6.79. The molecule has 0 aliphatic carbocycles. The Morgan fingerprint density at radius 1 is 0.765 bits per heavy atom. The van der Waals surface area contributed by atoms with Crippen LogP contribution in [0.15, 0.2) is 12.4 Å². The van der Waals surface area contributed by atoms with Gasteiger partial charge in [-0.2, -0.15) is 0 Å². The van der Waals surface area contributed by atoms with Crippen LogP contribution in [0.4, 0.5) is 0 Å². The van der Waals surface area contributed by atoms with E-state index < -0.39 is 0 Å². The summed E-state index contributed by atoms with van der Waals surface area (Å²) < 4.78 is 0. The molecule has 0 aliphatic heterocycles. The zero-order valence-electron chi connectivity index (χ0n) is 13.5. The van der Waals surface area contributed by atoms with E-state index in [1.54, 1.807) is 0 Å². The minimum absolute atomic E-state index is 0.160. The van der Waals surface area contributed by atoms with Crippen molar-refractivity contribution in [3.63, 3.8) is 0 Å². The first-order chi connectivity index (χ1) is 8.00. The molecule has 1 heterocycles. The number of nitrogens with zero attached hydrogens (tertiary/aromatic N) is 2. The minimum Gasteiger partial charge on any atom is -0.241 e. The van der Waals surface area contributed by atoms with Crippen LogP contribution < -0.4 is 0 Å².